The van der Waals surface area contributed by atoms with E-state index in [-0.39, 0.29) is 18.9 Å². The zero-order chi connectivity index (χ0) is 13.3. The van der Waals surface area contributed by atoms with Crippen molar-refractivity contribution in [2.24, 2.45) is 5.92 Å². The molecule has 1 atom stereocenters. The Morgan fingerprint density at radius 3 is 2.53 bits per heavy atom. The maximum Gasteiger partial charge on any atom is 0.307 e. The van der Waals surface area contributed by atoms with Gasteiger partial charge in [0.25, 0.3) is 0 Å². The first kappa shape index (κ1) is 16.3. The summed E-state index contributed by atoms with van der Waals surface area (Å²) in [6.07, 6.45) is 1.17. The van der Waals surface area contributed by atoms with Crippen molar-refractivity contribution < 1.29 is 23.1 Å². The molecule has 0 heterocycles. The normalized spacial score (nSPS) is 13.5. The lowest BCUT2D eigenvalue weighted by Crippen LogP contribution is -2.35. The number of aliphatic carboxylic acids is 1. The van der Waals surface area contributed by atoms with Gasteiger partial charge in [-0.15, -0.1) is 0 Å². The van der Waals surface area contributed by atoms with Crippen LogP contribution in [-0.2, 0) is 19.6 Å². The summed E-state index contributed by atoms with van der Waals surface area (Å²) in [5.74, 6) is -1.78. The quantitative estimate of drug-likeness (QED) is 0.560. The average molecular weight is 267 g/mol. The highest BCUT2D eigenvalue weighted by Gasteiger charge is 2.19. The molecule has 17 heavy (non-hydrogen) atoms. The van der Waals surface area contributed by atoms with Gasteiger partial charge < -0.3 is 9.84 Å². The average Bonchev–Trinajstić information content (AvgIpc) is 2.24. The highest BCUT2D eigenvalue weighted by atomic mass is 32.2. The van der Waals surface area contributed by atoms with Crippen LogP contribution in [0, 0.1) is 5.92 Å². The van der Waals surface area contributed by atoms with Gasteiger partial charge in [0, 0.05) is 13.2 Å². The van der Waals surface area contributed by atoms with Crippen molar-refractivity contribution >= 4 is 16.0 Å². The van der Waals surface area contributed by atoms with Crippen molar-refractivity contribution in [3.8, 4) is 0 Å². The summed E-state index contributed by atoms with van der Waals surface area (Å²) in [5, 5.41) is 8.86. The smallest absolute Gasteiger partial charge is 0.307 e. The minimum Gasteiger partial charge on any atom is -0.481 e. The largest absolute Gasteiger partial charge is 0.481 e. The van der Waals surface area contributed by atoms with Crippen LogP contribution in [0.2, 0.25) is 0 Å². The second kappa shape index (κ2) is 8.43. The SMILES string of the molecule is CCCC(CNS(=O)(=O)CCOCC)C(=O)O. The number of rotatable bonds is 10. The van der Waals surface area contributed by atoms with E-state index in [0.29, 0.717) is 19.4 Å². The first-order chi connectivity index (χ1) is 7.93. The summed E-state index contributed by atoms with van der Waals surface area (Å²) >= 11 is 0. The van der Waals surface area contributed by atoms with Crippen molar-refractivity contribution in [2.45, 2.75) is 26.7 Å². The van der Waals surface area contributed by atoms with Crippen LogP contribution in [0.1, 0.15) is 26.7 Å². The van der Waals surface area contributed by atoms with Crippen LogP contribution < -0.4 is 4.72 Å². The van der Waals surface area contributed by atoms with Gasteiger partial charge in [0.15, 0.2) is 0 Å². The van der Waals surface area contributed by atoms with Crippen molar-refractivity contribution in [1.29, 1.82) is 0 Å². The first-order valence-electron chi connectivity index (χ1n) is 5.70. The Hall–Kier alpha value is -0.660. The van der Waals surface area contributed by atoms with Crippen LogP contribution in [0.15, 0.2) is 0 Å². The Labute approximate surface area is 102 Å². The second-order valence-electron chi connectivity index (χ2n) is 3.69. The molecule has 1 unspecified atom stereocenters. The molecule has 7 heteroatoms. The van der Waals surface area contributed by atoms with E-state index in [9.17, 15) is 13.2 Å². The van der Waals surface area contributed by atoms with Gasteiger partial charge in [-0.2, -0.15) is 0 Å². The molecule has 0 aromatic heterocycles. The van der Waals surface area contributed by atoms with Crippen LogP contribution in [0.5, 0.6) is 0 Å². The lowest BCUT2D eigenvalue weighted by atomic mass is 10.1. The third-order valence-corrected chi connectivity index (χ3v) is 3.55. The van der Waals surface area contributed by atoms with Gasteiger partial charge in [0.2, 0.25) is 10.0 Å². The third-order valence-electron chi connectivity index (χ3n) is 2.24. The molecule has 0 aliphatic rings. The molecule has 0 saturated carbocycles. The van der Waals surface area contributed by atoms with Crippen LogP contribution in [-0.4, -0.2) is 45.0 Å². The van der Waals surface area contributed by atoms with E-state index in [0.717, 1.165) is 0 Å². The molecule has 0 bridgehead atoms. The van der Waals surface area contributed by atoms with Crippen LogP contribution in [0.4, 0.5) is 0 Å². The summed E-state index contributed by atoms with van der Waals surface area (Å²) in [7, 11) is -3.44. The molecule has 0 aliphatic carbocycles. The van der Waals surface area contributed by atoms with Crippen LogP contribution in [0.25, 0.3) is 0 Å². The molecule has 0 aromatic carbocycles. The number of hydrogen-bond acceptors (Lipinski definition) is 4. The topological polar surface area (TPSA) is 92.7 Å². The number of sulfonamides is 1. The summed E-state index contributed by atoms with van der Waals surface area (Å²) in [5.41, 5.74) is 0. The Kier molecular flexibility index (Phi) is 8.11. The van der Waals surface area contributed by atoms with Gasteiger partial charge in [-0.25, -0.2) is 13.1 Å². The van der Waals surface area contributed by atoms with Crippen molar-refractivity contribution in [1.82, 2.24) is 4.72 Å². The molecular weight excluding hydrogens is 246 g/mol. The summed E-state index contributed by atoms with van der Waals surface area (Å²) < 4.78 is 30.1. The van der Waals surface area contributed by atoms with E-state index in [4.69, 9.17) is 9.84 Å². The number of nitrogens with one attached hydrogen (secondary N) is 1. The predicted molar refractivity (Wildman–Crippen MR) is 64.3 cm³/mol. The molecule has 6 nitrogen and oxygen atoms in total. The van der Waals surface area contributed by atoms with E-state index < -0.39 is 21.9 Å². The van der Waals surface area contributed by atoms with Gasteiger partial charge in [0.05, 0.1) is 18.3 Å². The van der Waals surface area contributed by atoms with E-state index in [1.807, 2.05) is 6.92 Å². The highest BCUT2D eigenvalue weighted by Crippen LogP contribution is 2.05. The molecule has 0 radical (unpaired) electrons. The van der Waals surface area contributed by atoms with Gasteiger partial charge in [-0.05, 0) is 13.3 Å². The fourth-order valence-electron chi connectivity index (χ4n) is 1.27. The molecule has 0 rings (SSSR count). The predicted octanol–water partition coefficient (Wildman–Crippen LogP) is 0.443. The second-order valence-corrected chi connectivity index (χ2v) is 5.61. The monoisotopic (exact) mass is 267 g/mol. The molecule has 0 spiro atoms. The maximum absolute atomic E-state index is 11.5. The molecular formula is C10H21NO5S. The van der Waals surface area contributed by atoms with Gasteiger partial charge in [-0.1, -0.05) is 13.3 Å². The number of ether oxygens (including phenoxy) is 1. The zero-order valence-electron chi connectivity index (χ0n) is 10.3. The van der Waals surface area contributed by atoms with Crippen molar-refractivity contribution in [2.75, 3.05) is 25.5 Å². The zero-order valence-corrected chi connectivity index (χ0v) is 11.1. The molecule has 0 fully saturated rings. The van der Waals surface area contributed by atoms with E-state index >= 15 is 0 Å². The fourth-order valence-corrected chi connectivity index (χ4v) is 2.21. The number of carbonyl (C=O) groups is 1. The van der Waals surface area contributed by atoms with E-state index in [2.05, 4.69) is 4.72 Å². The fraction of sp³-hybridized carbons (Fsp3) is 0.900. The Morgan fingerprint density at radius 2 is 2.06 bits per heavy atom. The summed E-state index contributed by atoms with van der Waals surface area (Å²) in [6, 6.07) is 0. The van der Waals surface area contributed by atoms with Gasteiger partial charge in [0.1, 0.15) is 0 Å². The van der Waals surface area contributed by atoms with Crippen molar-refractivity contribution in [3.05, 3.63) is 0 Å². The number of carboxylic acids is 1. The Morgan fingerprint density at radius 1 is 1.41 bits per heavy atom. The minimum atomic E-state index is -3.44. The highest BCUT2D eigenvalue weighted by molar-refractivity contribution is 7.89. The molecule has 2 N–H and O–H groups in total. The molecule has 0 aliphatic heterocycles. The summed E-state index contributed by atoms with van der Waals surface area (Å²) in [4.78, 5) is 10.8. The van der Waals surface area contributed by atoms with Crippen LogP contribution in [0.3, 0.4) is 0 Å². The van der Waals surface area contributed by atoms with Crippen LogP contribution >= 0.6 is 0 Å². The minimum absolute atomic E-state index is 0.0579. The van der Waals surface area contributed by atoms with E-state index in [1.54, 1.807) is 6.92 Å². The van der Waals surface area contributed by atoms with Gasteiger partial charge >= 0.3 is 5.97 Å². The third kappa shape index (κ3) is 8.12. The Bertz CT molecular complexity index is 315. The molecule has 0 aromatic rings. The molecule has 102 valence electrons. The number of carboxylic acid groups (broad SMARTS) is 1. The lowest BCUT2D eigenvalue weighted by molar-refractivity contribution is -0.141. The van der Waals surface area contributed by atoms with E-state index in [1.165, 1.54) is 0 Å². The summed E-state index contributed by atoms with van der Waals surface area (Å²) in [6.45, 7) is 4.17. The van der Waals surface area contributed by atoms with Crippen molar-refractivity contribution in [3.63, 3.8) is 0 Å². The lowest BCUT2D eigenvalue weighted by Gasteiger charge is -2.12. The first-order valence-corrected chi connectivity index (χ1v) is 7.36. The molecule has 0 amide bonds. The number of hydrogen-bond donors (Lipinski definition) is 2. The van der Waals surface area contributed by atoms with Gasteiger partial charge in [-0.3, -0.25) is 4.79 Å². The maximum atomic E-state index is 11.5. The Balaban J connectivity index is 4.09. The standard InChI is InChI=1S/C10H21NO5S/c1-3-5-9(10(12)13)8-11-17(14,15)7-6-16-4-2/h9,11H,3-8H2,1-2H3,(H,12,13). The molecule has 0 saturated heterocycles.